The van der Waals surface area contributed by atoms with Gasteiger partial charge in [0.05, 0.1) is 12.1 Å². The molecule has 0 aliphatic heterocycles. The van der Waals surface area contributed by atoms with Crippen molar-refractivity contribution in [2.75, 3.05) is 12.4 Å². The fourth-order valence-corrected chi connectivity index (χ4v) is 2.40. The van der Waals surface area contributed by atoms with Crippen LogP contribution in [0.5, 0.6) is 5.75 Å². The molecule has 0 radical (unpaired) electrons. The van der Waals surface area contributed by atoms with Gasteiger partial charge in [0.2, 0.25) is 0 Å². The molecule has 3 rings (SSSR count). The second-order valence-electron chi connectivity index (χ2n) is 5.09. The average Bonchev–Trinajstić information content (AvgIpc) is 3.30. The van der Waals surface area contributed by atoms with Crippen LogP contribution in [-0.4, -0.2) is 17.1 Å². The highest BCUT2D eigenvalue weighted by Gasteiger charge is 2.28. The molecule has 21 heavy (non-hydrogen) atoms. The largest absolute Gasteiger partial charge is 0.495 e. The van der Waals surface area contributed by atoms with Gasteiger partial charge in [-0.15, -0.1) is 0 Å². The van der Waals surface area contributed by atoms with Gasteiger partial charge in [-0.3, -0.25) is 0 Å². The molecule has 0 spiro atoms. The van der Waals surface area contributed by atoms with E-state index in [9.17, 15) is 0 Å². The van der Waals surface area contributed by atoms with E-state index in [-0.39, 0.29) is 0 Å². The lowest BCUT2D eigenvalue weighted by molar-refractivity contribution is 0.415. The Labute approximate surface area is 133 Å². The third-order valence-electron chi connectivity index (χ3n) is 3.46. The van der Waals surface area contributed by atoms with Gasteiger partial charge in [-0.25, -0.2) is 9.97 Å². The van der Waals surface area contributed by atoms with Crippen molar-refractivity contribution in [2.24, 2.45) is 0 Å². The number of halogens is 2. The number of benzene rings is 1. The topological polar surface area (TPSA) is 47.0 Å². The lowest BCUT2D eigenvalue weighted by atomic mass is 10.2. The zero-order valence-electron chi connectivity index (χ0n) is 11.8. The van der Waals surface area contributed by atoms with Crippen molar-refractivity contribution < 1.29 is 4.74 Å². The Morgan fingerprint density at radius 2 is 2.00 bits per heavy atom. The molecular weight excluding hydrogens is 309 g/mol. The molecule has 0 saturated heterocycles. The standard InChI is InChI=1S/C15H15Cl2N3O/c1-8-13(17)19-15(9-3-4-9)20-14(8)18-10-5-6-11(16)12(7-10)21-2/h5-7,9H,3-4H2,1-2H3,(H,18,19,20). The second-order valence-corrected chi connectivity index (χ2v) is 5.86. The van der Waals surface area contributed by atoms with Crippen LogP contribution in [0.25, 0.3) is 0 Å². The summed E-state index contributed by atoms with van der Waals surface area (Å²) in [5, 5.41) is 4.33. The normalized spacial score (nSPS) is 14.1. The quantitative estimate of drug-likeness (QED) is 0.827. The highest BCUT2D eigenvalue weighted by atomic mass is 35.5. The first-order valence-electron chi connectivity index (χ1n) is 6.73. The summed E-state index contributed by atoms with van der Waals surface area (Å²) in [6.45, 7) is 1.90. The number of anilines is 2. The van der Waals surface area contributed by atoms with Gasteiger partial charge in [-0.1, -0.05) is 23.2 Å². The molecule has 0 unspecified atom stereocenters. The fourth-order valence-electron chi connectivity index (χ4n) is 2.03. The van der Waals surface area contributed by atoms with Crippen LogP contribution in [0.2, 0.25) is 10.2 Å². The number of nitrogens with zero attached hydrogens (tertiary/aromatic N) is 2. The minimum atomic E-state index is 0.448. The van der Waals surface area contributed by atoms with E-state index in [2.05, 4.69) is 15.3 Å². The molecule has 1 aromatic heterocycles. The van der Waals surface area contributed by atoms with Gasteiger partial charge >= 0.3 is 0 Å². The molecule has 4 nitrogen and oxygen atoms in total. The van der Waals surface area contributed by atoms with E-state index in [4.69, 9.17) is 27.9 Å². The Morgan fingerprint density at radius 3 is 2.67 bits per heavy atom. The zero-order valence-corrected chi connectivity index (χ0v) is 13.3. The van der Waals surface area contributed by atoms with Gasteiger partial charge in [-0.05, 0) is 31.9 Å². The minimum Gasteiger partial charge on any atom is -0.495 e. The van der Waals surface area contributed by atoms with Crippen LogP contribution in [-0.2, 0) is 0 Å². The van der Waals surface area contributed by atoms with Gasteiger partial charge in [0.1, 0.15) is 22.5 Å². The van der Waals surface area contributed by atoms with Crippen molar-refractivity contribution in [3.05, 3.63) is 39.8 Å². The van der Waals surface area contributed by atoms with E-state index < -0.39 is 0 Å². The third-order valence-corrected chi connectivity index (χ3v) is 4.14. The molecule has 1 heterocycles. The first kappa shape index (κ1) is 14.4. The Morgan fingerprint density at radius 1 is 1.24 bits per heavy atom. The maximum absolute atomic E-state index is 6.20. The molecule has 1 saturated carbocycles. The minimum absolute atomic E-state index is 0.448. The third kappa shape index (κ3) is 3.06. The molecule has 1 fully saturated rings. The Hall–Kier alpha value is -1.52. The summed E-state index contributed by atoms with van der Waals surface area (Å²) < 4.78 is 5.22. The SMILES string of the molecule is COc1cc(Nc2nc(C3CC3)nc(Cl)c2C)ccc1Cl. The molecule has 0 amide bonds. The van der Waals surface area contributed by atoms with Crippen molar-refractivity contribution in [3.63, 3.8) is 0 Å². The van der Waals surface area contributed by atoms with Gasteiger partial charge in [0.15, 0.2) is 0 Å². The van der Waals surface area contributed by atoms with Gasteiger partial charge in [0.25, 0.3) is 0 Å². The van der Waals surface area contributed by atoms with E-state index in [0.717, 1.165) is 35.7 Å². The van der Waals surface area contributed by atoms with E-state index in [1.165, 1.54) is 0 Å². The molecule has 1 aliphatic carbocycles. The summed E-state index contributed by atoms with van der Waals surface area (Å²) in [7, 11) is 1.59. The Balaban J connectivity index is 1.93. The predicted molar refractivity (Wildman–Crippen MR) is 85.0 cm³/mol. The maximum Gasteiger partial charge on any atom is 0.139 e. The number of nitrogens with one attached hydrogen (secondary N) is 1. The van der Waals surface area contributed by atoms with Crippen LogP contribution in [0.3, 0.4) is 0 Å². The number of aromatic nitrogens is 2. The molecule has 1 aromatic carbocycles. The number of hydrogen-bond donors (Lipinski definition) is 1. The van der Waals surface area contributed by atoms with Crippen molar-refractivity contribution >= 4 is 34.7 Å². The molecule has 6 heteroatoms. The molecule has 0 bridgehead atoms. The fraction of sp³-hybridized carbons (Fsp3) is 0.333. The van der Waals surface area contributed by atoms with Crippen LogP contribution >= 0.6 is 23.2 Å². The molecule has 110 valence electrons. The zero-order chi connectivity index (χ0) is 15.0. The highest BCUT2D eigenvalue weighted by Crippen LogP contribution is 2.40. The Bertz CT molecular complexity index is 687. The first-order chi connectivity index (χ1) is 10.1. The van der Waals surface area contributed by atoms with Gasteiger partial charge < -0.3 is 10.1 Å². The Kier molecular flexibility index (Phi) is 3.91. The lowest BCUT2D eigenvalue weighted by Gasteiger charge is -2.12. The van der Waals surface area contributed by atoms with E-state index in [1.807, 2.05) is 19.1 Å². The van der Waals surface area contributed by atoms with Crippen LogP contribution in [0.1, 0.15) is 30.1 Å². The van der Waals surface area contributed by atoms with Crippen LogP contribution in [0.4, 0.5) is 11.5 Å². The van der Waals surface area contributed by atoms with Crippen molar-refractivity contribution in [2.45, 2.75) is 25.7 Å². The summed E-state index contributed by atoms with van der Waals surface area (Å²) in [6, 6.07) is 5.48. The van der Waals surface area contributed by atoms with E-state index >= 15 is 0 Å². The van der Waals surface area contributed by atoms with Crippen molar-refractivity contribution in [1.29, 1.82) is 0 Å². The molecule has 1 N–H and O–H groups in total. The van der Waals surface area contributed by atoms with Crippen LogP contribution in [0, 0.1) is 6.92 Å². The lowest BCUT2D eigenvalue weighted by Crippen LogP contribution is -2.03. The number of rotatable bonds is 4. The number of methoxy groups -OCH3 is 1. The van der Waals surface area contributed by atoms with Crippen molar-refractivity contribution in [3.8, 4) is 5.75 Å². The molecule has 1 aliphatic rings. The second kappa shape index (κ2) is 5.70. The highest BCUT2D eigenvalue weighted by molar-refractivity contribution is 6.32. The maximum atomic E-state index is 6.20. The summed E-state index contributed by atoms with van der Waals surface area (Å²) in [4.78, 5) is 8.94. The van der Waals surface area contributed by atoms with E-state index in [0.29, 0.717) is 21.8 Å². The molecular formula is C15H15Cl2N3O. The van der Waals surface area contributed by atoms with Crippen LogP contribution < -0.4 is 10.1 Å². The van der Waals surface area contributed by atoms with Crippen LogP contribution in [0.15, 0.2) is 18.2 Å². The van der Waals surface area contributed by atoms with Gasteiger partial charge in [0, 0.05) is 23.2 Å². The monoisotopic (exact) mass is 323 g/mol. The first-order valence-corrected chi connectivity index (χ1v) is 7.48. The summed E-state index contributed by atoms with van der Waals surface area (Å²) >= 11 is 12.2. The smallest absolute Gasteiger partial charge is 0.139 e. The van der Waals surface area contributed by atoms with Crippen molar-refractivity contribution in [1.82, 2.24) is 9.97 Å². The van der Waals surface area contributed by atoms with Gasteiger partial charge in [-0.2, -0.15) is 0 Å². The molecule has 2 aromatic rings. The predicted octanol–water partition coefficient (Wildman–Crippen LogP) is 4.72. The average molecular weight is 324 g/mol. The number of hydrogen-bond acceptors (Lipinski definition) is 4. The summed E-state index contributed by atoms with van der Waals surface area (Å²) in [6.07, 6.45) is 2.27. The number of ether oxygens (including phenoxy) is 1. The molecule has 0 atom stereocenters. The van der Waals surface area contributed by atoms with E-state index in [1.54, 1.807) is 13.2 Å². The summed E-state index contributed by atoms with van der Waals surface area (Å²) in [5.74, 6) is 2.60. The summed E-state index contributed by atoms with van der Waals surface area (Å²) in [5.41, 5.74) is 1.67.